The van der Waals surface area contributed by atoms with Crippen molar-refractivity contribution in [2.45, 2.75) is 32.4 Å². The molecule has 0 saturated carbocycles. The summed E-state index contributed by atoms with van der Waals surface area (Å²) < 4.78 is 1.86. The first-order chi connectivity index (χ1) is 10.3. The molecule has 0 bridgehead atoms. The highest BCUT2D eigenvalue weighted by Gasteiger charge is 2.20. The highest BCUT2D eigenvalue weighted by molar-refractivity contribution is 5.39. The number of hydrogen-bond donors (Lipinski definition) is 1. The lowest BCUT2D eigenvalue weighted by Crippen LogP contribution is -2.29. The number of benzene rings is 1. The van der Waals surface area contributed by atoms with Gasteiger partial charge in [0.25, 0.3) is 0 Å². The van der Waals surface area contributed by atoms with Gasteiger partial charge in [-0.05, 0) is 30.9 Å². The van der Waals surface area contributed by atoms with Crippen molar-refractivity contribution in [2.75, 3.05) is 0 Å². The molecule has 2 aromatic heterocycles. The Balaban J connectivity index is 1.44. The Morgan fingerprint density at radius 1 is 1.24 bits per heavy atom. The minimum atomic E-state index is 0.525. The van der Waals surface area contributed by atoms with Crippen LogP contribution in [0.1, 0.15) is 22.4 Å². The van der Waals surface area contributed by atoms with Crippen molar-refractivity contribution in [3.63, 3.8) is 0 Å². The maximum absolute atomic E-state index is 4.45. The average molecular weight is 278 g/mol. The van der Waals surface area contributed by atoms with Crippen LogP contribution in [0.2, 0.25) is 0 Å². The SMILES string of the molecule is Cc1cc2ncc(CNC3Cc4ccccc4C3)cn2n1. The molecule has 0 fully saturated rings. The lowest BCUT2D eigenvalue weighted by atomic mass is 10.1. The lowest BCUT2D eigenvalue weighted by molar-refractivity contribution is 0.531. The first-order valence-electron chi connectivity index (χ1n) is 7.39. The van der Waals surface area contributed by atoms with Gasteiger partial charge in [0.2, 0.25) is 0 Å². The zero-order valence-corrected chi connectivity index (χ0v) is 12.1. The third-order valence-corrected chi connectivity index (χ3v) is 4.13. The third kappa shape index (κ3) is 2.43. The quantitative estimate of drug-likeness (QED) is 0.799. The molecule has 1 aliphatic rings. The molecule has 3 aromatic rings. The van der Waals surface area contributed by atoms with E-state index < -0.39 is 0 Å². The second-order valence-electron chi connectivity index (χ2n) is 5.81. The molecule has 4 nitrogen and oxygen atoms in total. The fourth-order valence-electron chi connectivity index (χ4n) is 3.09. The summed E-state index contributed by atoms with van der Waals surface area (Å²) in [7, 11) is 0. The van der Waals surface area contributed by atoms with Crippen molar-refractivity contribution >= 4 is 5.65 Å². The van der Waals surface area contributed by atoms with Gasteiger partial charge in [-0.15, -0.1) is 0 Å². The molecule has 0 atom stereocenters. The molecule has 0 aliphatic heterocycles. The lowest BCUT2D eigenvalue weighted by Gasteiger charge is -2.11. The van der Waals surface area contributed by atoms with Crippen LogP contribution in [0.3, 0.4) is 0 Å². The first kappa shape index (κ1) is 12.5. The van der Waals surface area contributed by atoms with Gasteiger partial charge in [-0.3, -0.25) is 0 Å². The summed E-state index contributed by atoms with van der Waals surface area (Å²) in [5, 5.41) is 8.05. The van der Waals surface area contributed by atoms with Crippen LogP contribution in [0, 0.1) is 6.92 Å². The molecule has 0 radical (unpaired) electrons. The summed E-state index contributed by atoms with van der Waals surface area (Å²) in [5.41, 5.74) is 6.03. The fourth-order valence-corrected chi connectivity index (χ4v) is 3.09. The van der Waals surface area contributed by atoms with E-state index in [1.54, 1.807) is 0 Å². The predicted molar refractivity (Wildman–Crippen MR) is 82.2 cm³/mol. The van der Waals surface area contributed by atoms with Gasteiger partial charge >= 0.3 is 0 Å². The molecule has 4 rings (SSSR count). The van der Waals surface area contributed by atoms with Gasteiger partial charge in [0.1, 0.15) is 0 Å². The monoisotopic (exact) mass is 278 g/mol. The van der Waals surface area contributed by atoms with Crippen LogP contribution in [0.15, 0.2) is 42.7 Å². The van der Waals surface area contributed by atoms with Crippen LogP contribution in [0.5, 0.6) is 0 Å². The molecule has 1 aromatic carbocycles. The molecule has 106 valence electrons. The van der Waals surface area contributed by atoms with Crippen LogP contribution < -0.4 is 5.32 Å². The van der Waals surface area contributed by atoms with Gasteiger partial charge in [-0.25, -0.2) is 9.50 Å². The largest absolute Gasteiger partial charge is 0.309 e. The minimum Gasteiger partial charge on any atom is -0.309 e. The van der Waals surface area contributed by atoms with E-state index in [-0.39, 0.29) is 0 Å². The van der Waals surface area contributed by atoms with Crippen LogP contribution in [-0.2, 0) is 19.4 Å². The van der Waals surface area contributed by atoms with E-state index in [1.807, 2.05) is 23.7 Å². The first-order valence-corrected chi connectivity index (χ1v) is 7.39. The molecule has 21 heavy (non-hydrogen) atoms. The van der Waals surface area contributed by atoms with E-state index in [0.717, 1.165) is 30.7 Å². The Kier molecular flexibility index (Phi) is 2.97. The summed E-state index contributed by atoms with van der Waals surface area (Å²) >= 11 is 0. The standard InChI is InChI=1S/C17H18N4/c1-12-6-17-19-10-13(11-21(17)20-12)9-18-16-7-14-4-2-3-5-15(14)8-16/h2-6,10-11,16,18H,7-9H2,1H3. The highest BCUT2D eigenvalue weighted by atomic mass is 15.2. The zero-order chi connectivity index (χ0) is 14.2. The topological polar surface area (TPSA) is 42.2 Å². The molecular weight excluding hydrogens is 260 g/mol. The number of aromatic nitrogens is 3. The van der Waals surface area contributed by atoms with Crippen LogP contribution in [0.4, 0.5) is 0 Å². The molecule has 0 unspecified atom stereocenters. The van der Waals surface area contributed by atoms with E-state index in [0.29, 0.717) is 6.04 Å². The normalized spacial score (nSPS) is 14.7. The third-order valence-electron chi connectivity index (χ3n) is 4.13. The predicted octanol–water partition coefficient (Wildman–Crippen LogP) is 2.29. The average Bonchev–Trinajstić information content (AvgIpc) is 3.06. The number of rotatable bonds is 3. The van der Waals surface area contributed by atoms with Gasteiger partial charge in [-0.2, -0.15) is 5.10 Å². The van der Waals surface area contributed by atoms with Crippen molar-refractivity contribution in [1.29, 1.82) is 0 Å². The van der Waals surface area contributed by atoms with E-state index in [9.17, 15) is 0 Å². The van der Waals surface area contributed by atoms with Gasteiger partial charge in [0.05, 0.1) is 5.69 Å². The molecule has 4 heteroatoms. The minimum absolute atomic E-state index is 0.525. The maximum atomic E-state index is 4.45. The fraction of sp³-hybridized carbons (Fsp3) is 0.294. The zero-order valence-electron chi connectivity index (χ0n) is 12.1. The van der Waals surface area contributed by atoms with Crippen molar-refractivity contribution in [3.8, 4) is 0 Å². The number of nitrogens with one attached hydrogen (secondary N) is 1. The maximum Gasteiger partial charge on any atom is 0.155 e. The Morgan fingerprint density at radius 3 is 2.76 bits per heavy atom. The number of hydrogen-bond acceptors (Lipinski definition) is 3. The smallest absolute Gasteiger partial charge is 0.155 e. The molecule has 0 amide bonds. The van der Waals surface area contributed by atoms with Gasteiger partial charge in [0, 0.05) is 36.6 Å². The van der Waals surface area contributed by atoms with Crippen molar-refractivity contribution < 1.29 is 0 Å². The van der Waals surface area contributed by atoms with Gasteiger partial charge in [-0.1, -0.05) is 24.3 Å². The van der Waals surface area contributed by atoms with Crippen molar-refractivity contribution in [2.24, 2.45) is 0 Å². The number of aryl methyl sites for hydroxylation is 1. The Bertz CT molecular complexity index is 765. The summed E-state index contributed by atoms with van der Waals surface area (Å²) in [5.74, 6) is 0. The second-order valence-corrected chi connectivity index (χ2v) is 5.81. The van der Waals surface area contributed by atoms with Crippen LogP contribution >= 0.6 is 0 Å². The molecule has 0 spiro atoms. The van der Waals surface area contributed by atoms with E-state index in [4.69, 9.17) is 0 Å². The number of nitrogens with zero attached hydrogens (tertiary/aromatic N) is 3. The Morgan fingerprint density at radius 2 is 2.00 bits per heavy atom. The summed E-state index contributed by atoms with van der Waals surface area (Å²) in [4.78, 5) is 4.45. The van der Waals surface area contributed by atoms with Gasteiger partial charge < -0.3 is 5.32 Å². The molecule has 0 saturated heterocycles. The van der Waals surface area contributed by atoms with Crippen LogP contribution in [0.25, 0.3) is 5.65 Å². The Hall–Kier alpha value is -2.20. The molecular formula is C17H18N4. The van der Waals surface area contributed by atoms with E-state index in [2.05, 4.69) is 45.9 Å². The summed E-state index contributed by atoms with van der Waals surface area (Å²) in [6, 6.07) is 11.2. The summed E-state index contributed by atoms with van der Waals surface area (Å²) in [6.45, 7) is 2.82. The van der Waals surface area contributed by atoms with Crippen LogP contribution in [-0.4, -0.2) is 20.6 Å². The number of fused-ring (bicyclic) bond motifs is 2. The molecule has 1 aliphatic carbocycles. The second kappa shape index (κ2) is 4.97. The molecule has 1 N–H and O–H groups in total. The van der Waals surface area contributed by atoms with E-state index >= 15 is 0 Å². The van der Waals surface area contributed by atoms with Gasteiger partial charge in [0.15, 0.2) is 5.65 Å². The molecule has 2 heterocycles. The van der Waals surface area contributed by atoms with E-state index in [1.165, 1.54) is 16.7 Å². The van der Waals surface area contributed by atoms with Crippen molar-refractivity contribution in [3.05, 3.63) is 65.1 Å². The Labute approximate surface area is 123 Å². The highest BCUT2D eigenvalue weighted by Crippen LogP contribution is 2.21. The van der Waals surface area contributed by atoms with Crippen molar-refractivity contribution in [1.82, 2.24) is 19.9 Å². The summed E-state index contributed by atoms with van der Waals surface area (Å²) in [6.07, 6.45) is 6.23.